The molecule has 0 heterocycles. The maximum Gasteiger partial charge on any atom is 0.416 e. The normalized spacial score (nSPS) is 11.4. The highest BCUT2D eigenvalue weighted by molar-refractivity contribution is 5.98. The van der Waals surface area contributed by atoms with Crippen LogP contribution in [0.25, 0.3) is 0 Å². The van der Waals surface area contributed by atoms with E-state index in [2.05, 4.69) is 0 Å². The Morgan fingerprint density at radius 3 is 2.28 bits per heavy atom. The molecular formula is C11H10F3NO3. The summed E-state index contributed by atoms with van der Waals surface area (Å²) >= 11 is 0. The van der Waals surface area contributed by atoms with Gasteiger partial charge in [-0.15, -0.1) is 0 Å². The van der Waals surface area contributed by atoms with Gasteiger partial charge in [0, 0.05) is 5.56 Å². The Bertz CT molecular complexity index is 509. The molecule has 4 nitrogen and oxygen atoms in total. The van der Waals surface area contributed by atoms with Crippen LogP contribution >= 0.6 is 0 Å². The molecule has 0 aliphatic carbocycles. The number of nitro benzene ring substituents is 1. The van der Waals surface area contributed by atoms with E-state index in [1.165, 1.54) is 6.92 Å². The van der Waals surface area contributed by atoms with E-state index >= 15 is 0 Å². The summed E-state index contributed by atoms with van der Waals surface area (Å²) in [5.74, 6) is -0.634. The fourth-order valence-electron chi connectivity index (χ4n) is 1.75. The largest absolute Gasteiger partial charge is 0.416 e. The van der Waals surface area contributed by atoms with Crippen LogP contribution in [-0.2, 0) is 12.6 Å². The molecule has 0 saturated heterocycles. The number of nitro groups is 1. The molecule has 1 aromatic carbocycles. The van der Waals surface area contributed by atoms with Gasteiger partial charge in [-0.3, -0.25) is 14.9 Å². The van der Waals surface area contributed by atoms with Crippen molar-refractivity contribution in [3.05, 3.63) is 38.9 Å². The van der Waals surface area contributed by atoms with E-state index in [1.807, 2.05) is 0 Å². The van der Waals surface area contributed by atoms with Gasteiger partial charge in [0.1, 0.15) is 0 Å². The summed E-state index contributed by atoms with van der Waals surface area (Å²) in [5.41, 5.74) is -2.58. The molecule has 0 spiro atoms. The molecule has 0 bridgehead atoms. The monoisotopic (exact) mass is 261 g/mol. The molecule has 7 heteroatoms. The van der Waals surface area contributed by atoms with E-state index in [0.29, 0.717) is 6.07 Å². The van der Waals surface area contributed by atoms with Gasteiger partial charge in [0.25, 0.3) is 5.69 Å². The van der Waals surface area contributed by atoms with Crippen molar-refractivity contribution in [2.45, 2.75) is 26.4 Å². The van der Waals surface area contributed by atoms with Crippen molar-refractivity contribution in [3.8, 4) is 0 Å². The van der Waals surface area contributed by atoms with Gasteiger partial charge in [-0.25, -0.2) is 0 Å². The lowest BCUT2D eigenvalue weighted by molar-refractivity contribution is -0.386. The molecule has 0 unspecified atom stereocenters. The Kier molecular flexibility index (Phi) is 3.73. The van der Waals surface area contributed by atoms with Gasteiger partial charge in [-0.2, -0.15) is 13.2 Å². The fraction of sp³-hybridized carbons (Fsp3) is 0.364. The Balaban J connectivity index is 3.69. The van der Waals surface area contributed by atoms with Crippen LogP contribution in [0.2, 0.25) is 0 Å². The van der Waals surface area contributed by atoms with Crippen molar-refractivity contribution in [2.24, 2.45) is 0 Å². The zero-order valence-electron chi connectivity index (χ0n) is 9.67. The number of nitrogens with zero attached hydrogens (tertiary/aromatic N) is 1. The number of carbonyl (C=O) groups is 1. The van der Waals surface area contributed by atoms with Crippen molar-refractivity contribution in [1.82, 2.24) is 0 Å². The highest BCUT2D eigenvalue weighted by Gasteiger charge is 2.37. The molecule has 0 aromatic heterocycles. The van der Waals surface area contributed by atoms with Crippen LogP contribution in [0.15, 0.2) is 12.1 Å². The van der Waals surface area contributed by atoms with E-state index in [4.69, 9.17) is 0 Å². The van der Waals surface area contributed by atoms with E-state index in [0.717, 1.165) is 13.0 Å². The zero-order valence-corrected chi connectivity index (χ0v) is 9.67. The summed E-state index contributed by atoms with van der Waals surface area (Å²) < 4.78 is 38.1. The van der Waals surface area contributed by atoms with Crippen LogP contribution in [0.3, 0.4) is 0 Å². The predicted molar refractivity (Wildman–Crippen MR) is 57.5 cm³/mol. The first-order chi connectivity index (χ1) is 8.20. The van der Waals surface area contributed by atoms with Crippen molar-refractivity contribution in [1.29, 1.82) is 0 Å². The molecule has 0 amide bonds. The Labute approximate surface area is 101 Å². The summed E-state index contributed by atoms with van der Waals surface area (Å²) in [7, 11) is 0. The predicted octanol–water partition coefficient (Wildman–Crippen LogP) is 3.38. The second kappa shape index (κ2) is 4.75. The molecule has 0 atom stereocenters. The molecule has 0 fully saturated rings. The van der Waals surface area contributed by atoms with Gasteiger partial charge < -0.3 is 0 Å². The molecule has 0 aliphatic heterocycles. The van der Waals surface area contributed by atoms with Gasteiger partial charge in [-0.1, -0.05) is 6.92 Å². The lowest BCUT2D eigenvalue weighted by atomic mass is 9.97. The quantitative estimate of drug-likeness (QED) is 0.476. The molecule has 1 aromatic rings. The standard InChI is InChI=1S/C11H10F3NO3/c1-3-7-9(11(12,13)14)5-4-8(6(2)16)10(7)15(17)18/h4-5H,3H2,1-2H3. The van der Waals surface area contributed by atoms with Crippen LogP contribution in [-0.4, -0.2) is 10.7 Å². The third-order valence-electron chi connectivity index (χ3n) is 2.50. The Hall–Kier alpha value is -1.92. The maximum atomic E-state index is 12.7. The second-order valence-electron chi connectivity index (χ2n) is 3.65. The third kappa shape index (κ3) is 2.49. The minimum Gasteiger partial charge on any atom is -0.294 e. The summed E-state index contributed by atoms with van der Waals surface area (Å²) in [6.07, 6.45) is -4.85. The number of hydrogen-bond donors (Lipinski definition) is 0. The minimum absolute atomic E-state index is 0.174. The van der Waals surface area contributed by atoms with E-state index in [9.17, 15) is 28.1 Å². The topological polar surface area (TPSA) is 60.2 Å². The number of alkyl halides is 3. The number of halogens is 3. The minimum atomic E-state index is -4.68. The number of rotatable bonds is 3. The molecule has 0 N–H and O–H groups in total. The van der Waals surface area contributed by atoms with Crippen molar-refractivity contribution >= 4 is 11.5 Å². The fourth-order valence-corrected chi connectivity index (χ4v) is 1.75. The zero-order chi connectivity index (χ0) is 14.1. The summed E-state index contributed by atoms with van der Waals surface area (Å²) in [6.45, 7) is 2.45. The molecule has 18 heavy (non-hydrogen) atoms. The van der Waals surface area contributed by atoms with Gasteiger partial charge in [0.05, 0.1) is 16.1 Å². The first-order valence-electron chi connectivity index (χ1n) is 5.08. The summed E-state index contributed by atoms with van der Waals surface area (Å²) in [6, 6.07) is 1.56. The van der Waals surface area contributed by atoms with Crippen LogP contribution < -0.4 is 0 Å². The van der Waals surface area contributed by atoms with Crippen molar-refractivity contribution in [2.75, 3.05) is 0 Å². The highest BCUT2D eigenvalue weighted by atomic mass is 19.4. The first-order valence-corrected chi connectivity index (χ1v) is 5.08. The van der Waals surface area contributed by atoms with E-state index < -0.39 is 33.7 Å². The van der Waals surface area contributed by atoms with Gasteiger partial charge >= 0.3 is 6.18 Å². The first kappa shape index (κ1) is 14.1. The van der Waals surface area contributed by atoms with E-state index in [1.54, 1.807) is 0 Å². The lowest BCUT2D eigenvalue weighted by Gasteiger charge is -2.13. The van der Waals surface area contributed by atoms with Crippen LogP contribution in [0.5, 0.6) is 0 Å². The van der Waals surface area contributed by atoms with Gasteiger partial charge in [-0.05, 0) is 25.5 Å². The van der Waals surface area contributed by atoms with Crippen LogP contribution in [0.1, 0.15) is 35.3 Å². The Morgan fingerprint density at radius 2 is 1.94 bits per heavy atom. The van der Waals surface area contributed by atoms with E-state index in [-0.39, 0.29) is 12.0 Å². The number of benzene rings is 1. The molecule has 0 radical (unpaired) electrons. The van der Waals surface area contributed by atoms with Crippen molar-refractivity contribution in [3.63, 3.8) is 0 Å². The third-order valence-corrected chi connectivity index (χ3v) is 2.50. The summed E-state index contributed by atoms with van der Waals surface area (Å²) in [5, 5.41) is 10.9. The second-order valence-corrected chi connectivity index (χ2v) is 3.65. The molecule has 1 rings (SSSR count). The molecule has 0 saturated carbocycles. The molecular weight excluding hydrogens is 251 g/mol. The maximum absolute atomic E-state index is 12.7. The average molecular weight is 261 g/mol. The van der Waals surface area contributed by atoms with Crippen LogP contribution in [0, 0.1) is 10.1 Å². The van der Waals surface area contributed by atoms with Gasteiger partial charge in [0.15, 0.2) is 5.78 Å². The number of hydrogen-bond acceptors (Lipinski definition) is 3. The highest BCUT2D eigenvalue weighted by Crippen LogP contribution is 2.38. The Morgan fingerprint density at radius 1 is 1.39 bits per heavy atom. The SMILES string of the molecule is CCc1c(C(F)(F)F)ccc(C(C)=O)c1[N+](=O)[O-]. The smallest absolute Gasteiger partial charge is 0.294 e. The van der Waals surface area contributed by atoms with Crippen LogP contribution in [0.4, 0.5) is 18.9 Å². The number of carbonyl (C=O) groups excluding carboxylic acids is 1. The average Bonchev–Trinajstić information content (AvgIpc) is 2.25. The molecule has 0 aliphatic rings. The lowest BCUT2D eigenvalue weighted by Crippen LogP contribution is -2.13. The molecule has 98 valence electrons. The number of ketones is 1. The number of Topliss-reactive ketones (excluding diaryl/α,β-unsaturated/α-hetero) is 1. The van der Waals surface area contributed by atoms with Crippen molar-refractivity contribution < 1.29 is 22.9 Å². The van der Waals surface area contributed by atoms with Gasteiger partial charge in [0.2, 0.25) is 0 Å². The summed E-state index contributed by atoms with van der Waals surface area (Å²) in [4.78, 5) is 21.1.